The van der Waals surface area contributed by atoms with Crippen LogP contribution >= 0.6 is 0 Å². The van der Waals surface area contributed by atoms with E-state index in [1.165, 1.54) is 12.8 Å². The zero-order valence-electron chi connectivity index (χ0n) is 14.5. The third-order valence-corrected chi connectivity index (χ3v) is 4.30. The normalized spacial score (nSPS) is 20.3. The van der Waals surface area contributed by atoms with E-state index in [2.05, 4.69) is 17.6 Å². The van der Waals surface area contributed by atoms with Gasteiger partial charge in [0.15, 0.2) is 11.5 Å². The largest absolute Gasteiger partial charge is 0.493 e. The second kappa shape index (κ2) is 9.37. The van der Waals surface area contributed by atoms with Crippen LogP contribution in [0.5, 0.6) is 11.5 Å². The minimum Gasteiger partial charge on any atom is -0.493 e. The molecule has 0 spiro atoms. The molecule has 1 saturated carbocycles. The summed E-state index contributed by atoms with van der Waals surface area (Å²) in [7, 11) is 1.56. The van der Waals surface area contributed by atoms with Gasteiger partial charge in [0.25, 0.3) is 0 Å². The molecule has 1 aromatic carbocycles. The lowest BCUT2D eigenvalue weighted by Crippen LogP contribution is -2.43. The van der Waals surface area contributed by atoms with E-state index in [9.17, 15) is 4.79 Å². The van der Waals surface area contributed by atoms with E-state index in [-0.39, 0.29) is 25.3 Å². The van der Waals surface area contributed by atoms with Gasteiger partial charge in [-0.1, -0.05) is 25.8 Å². The highest BCUT2D eigenvalue weighted by Crippen LogP contribution is 2.28. The van der Waals surface area contributed by atoms with Gasteiger partial charge in [0, 0.05) is 12.6 Å². The summed E-state index contributed by atoms with van der Waals surface area (Å²) in [4.78, 5) is 12.0. The van der Waals surface area contributed by atoms with Gasteiger partial charge < -0.3 is 25.2 Å². The highest BCUT2D eigenvalue weighted by atomic mass is 16.5. The van der Waals surface area contributed by atoms with Crippen molar-refractivity contribution in [2.45, 2.75) is 45.2 Å². The van der Waals surface area contributed by atoms with Gasteiger partial charge in [-0.05, 0) is 36.5 Å². The summed E-state index contributed by atoms with van der Waals surface area (Å²) in [5, 5.41) is 14.8. The minimum absolute atomic E-state index is 0.0492. The number of carbonyl (C=O) groups is 1. The van der Waals surface area contributed by atoms with Crippen LogP contribution in [0.25, 0.3) is 0 Å². The number of nitrogens with one attached hydrogen (secondary N) is 2. The molecule has 0 aromatic heterocycles. The topological polar surface area (TPSA) is 79.8 Å². The molecule has 6 nitrogen and oxygen atoms in total. The first-order valence-electron chi connectivity index (χ1n) is 8.57. The zero-order valence-corrected chi connectivity index (χ0v) is 14.5. The fourth-order valence-electron chi connectivity index (χ4n) is 3.08. The summed E-state index contributed by atoms with van der Waals surface area (Å²) in [5.74, 6) is 1.85. The van der Waals surface area contributed by atoms with Gasteiger partial charge in [-0.3, -0.25) is 0 Å². The third-order valence-electron chi connectivity index (χ3n) is 4.30. The van der Waals surface area contributed by atoms with E-state index in [1.807, 2.05) is 12.1 Å². The number of benzene rings is 1. The molecule has 24 heavy (non-hydrogen) atoms. The van der Waals surface area contributed by atoms with Crippen LogP contribution in [0.1, 0.15) is 38.2 Å². The van der Waals surface area contributed by atoms with Crippen molar-refractivity contribution in [2.24, 2.45) is 5.92 Å². The van der Waals surface area contributed by atoms with E-state index >= 15 is 0 Å². The lowest BCUT2D eigenvalue weighted by Gasteiger charge is -2.27. The Hall–Kier alpha value is -1.95. The molecule has 1 aromatic rings. The van der Waals surface area contributed by atoms with Crippen LogP contribution in [-0.4, -0.2) is 37.5 Å². The van der Waals surface area contributed by atoms with Crippen molar-refractivity contribution in [2.75, 3.05) is 20.3 Å². The summed E-state index contributed by atoms with van der Waals surface area (Å²) in [6.45, 7) is 2.83. The van der Waals surface area contributed by atoms with Gasteiger partial charge in [-0.2, -0.15) is 0 Å². The highest BCUT2D eigenvalue weighted by Gasteiger charge is 2.20. The van der Waals surface area contributed by atoms with E-state index < -0.39 is 0 Å². The fourth-order valence-corrected chi connectivity index (χ4v) is 3.08. The molecule has 6 heteroatoms. The molecule has 0 saturated heterocycles. The van der Waals surface area contributed by atoms with E-state index in [0.717, 1.165) is 18.4 Å². The minimum atomic E-state index is -0.131. The maximum absolute atomic E-state index is 12.0. The molecule has 1 aliphatic rings. The molecule has 1 fully saturated rings. The van der Waals surface area contributed by atoms with E-state index in [0.29, 0.717) is 24.0 Å². The molecule has 0 heterocycles. The first kappa shape index (κ1) is 18.4. The molecule has 0 radical (unpaired) electrons. The Labute approximate surface area is 143 Å². The quantitative estimate of drug-likeness (QED) is 0.714. The molecule has 1 aliphatic carbocycles. The zero-order chi connectivity index (χ0) is 17.4. The summed E-state index contributed by atoms with van der Waals surface area (Å²) < 4.78 is 10.7. The second-order valence-corrected chi connectivity index (χ2v) is 6.35. The fraction of sp³-hybridized carbons (Fsp3) is 0.611. The first-order chi connectivity index (χ1) is 11.6. The predicted molar refractivity (Wildman–Crippen MR) is 92.4 cm³/mol. The van der Waals surface area contributed by atoms with Gasteiger partial charge in [0.05, 0.1) is 13.7 Å². The van der Waals surface area contributed by atoms with Crippen LogP contribution in [0.3, 0.4) is 0 Å². The predicted octanol–water partition coefficient (Wildman–Crippen LogP) is 2.44. The van der Waals surface area contributed by atoms with Gasteiger partial charge in [0.1, 0.15) is 6.61 Å². The van der Waals surface area contributed by atoms with Gasteiger partial charge in [-0.15, -0.1) is 0 Å². The highest BCUT2D eigenvalue weighted by molar-refractivity contribution is 5.74. The van der Waals surface area contributed by atoms with Gasteiger partial charge in [-0.25, -0.2) is 4.79 Å². The summed E-state index contributed by atoms with van der Waals surface area (Å²) >= 11 is 0. The van der Waals surface area contributed by atoms with Gasteiger partial charge in [0.2, 0.25) is 0 Å². The van der Waals surface area contributed by atoms with Crippen molar-refractivity contribution in [1.29, 1.82) is 0 Å². The molecule has 0 aliphatic heterocycles. The molecule has 2 amide bonds. The van der Waals surface area contributed by atoms with Crippen molar-refractivity contribution in [3.05, 3.63) is 23.8 Å². The maximum atomic E-state index is 12.0. The third kappa shape index (κ3) is 5.60. The molecule has 2 unspecified atom stereocenters. The Balaban J connectivity index is 1.83. The Morgan fingerprint density at radius 1 is 1.33 bits per heavy atom. The van der Waals surface area contributed by atoms with Crippen LogP contribution in [0.2, 0.25) is 0 Å². The molecule has 134 valence electrons. The Kier molecular flexibility index (Phi) is 7.18. The Morgan fingerprint density at radius 3 is 2.88 bits per heavy atom. The molecular weight excluding hydrogens is 308 g/mol. The number of ether oxygens (including phenoxy) is 2. The number of rotatable bonds is 7. The number of aliphatic hydroxyl groups excluding tert-OH is 1. The molecular formula is C18H28N2O4. The first-order valence-corrected chi connectivity index (χ1v) is 8.57. The SMILES string of the molecule is COc1cc(CNC(=O)NC2CCCC(C)C2)ccc1OCCO. The van der Waals surface area contributed by atoms with Crippen LogP contribution in [0, 0.1) is 5.92 Å². The standard InChI is InChI=1S/C18H28N2O4/c1-13-4-3-5-15(10-13)20-18(22)19-12-14-6-7-16(24-9-8-21)17(11-14)23-2/h6-7,11,13,15,21H,3-5,8-10,12H2,1-2H3,(H2,19,20,22). The van der Waals surface area contributed by atoms with Crippen LogP contribution in [0.4, 0.5) is 4.79 Å². The molecule has 2 rings (SSSR count). The summed E-state index contributed by atoms with van der Waals surface area (Å²) in [6.07, 6.45) is 4.55. The molecule has 2 atom stereocenters. The Bertz CT molecular complexity index is 536. The van der Waals surface area contributed by atoms with E-state index in [4.69, 9.17) is 14.6 Å². The Morgan fingerprint density at radius 2 is 2.17 bits per heavy atom. The van der Waals surface area contributed by atoms with Crippen molar-refractivity contribution >= 4 is 6.03 Å². The number of hydrogen-bond acceptors (Lipinski definition) is 4. The average Bonchev–Trinajstić information content (AvgIpc) is 2.58. The average molecular weight is 336 g/mol. The lowest BCUT2D eigenvalue weighted by atomic mass is 9.87. The van der Waals surface area contributed by atoms with Crippen LogP contribution in [-0.2, 0) is 6.54 Å². The smallest absolute Gasteiger partial charge is 0.315 e. The summed E-state index contributed by atoms with van der Waals surface area (Å²) in [6, 6.07) is 5.63. The number of carbonyl (C=O) groups excluding carboxylic acids is 1. The van der Waals surface area contributed by atoms with Crippen LogP contribution in [0.15, 0.2) is 18.2 Å². The van der Waals surface area contributed by atoms with Crippen molar-refractivity contribution in [3.63, 3.8) is 0 Å². The van der Waals surface area contributed by atoms with Crippen molar-refractivity contribution in [3.8, 4) is 11.5 Å². The second-order valence-electron chi connectivity index (χ2n) is 6.35. The maximum Gasteiger partial charge on any atom is 0.315 e. The number of urea groups is 1. The van der Waals surface area contributed by atoms with E-state index in [1.54, 1.807) is 13.2 Å². The molecule has 3 N–H and O–H groups in total. The number of hydrogen-bond donors (Lipinski definition) is 3. The lowest BCUT2D eigenvalue weighted by molar-refractivity contribution is 0.196. The van der Waals surface area contributed by atoms with Crippen molar-refractivity contribution < 1.29 is 19.4 Å². The van der Waals surface area contributed by atoms with Gasteiger partial charge >= 0.3 is 6.03 Å². The monoisotopic (exact) mass is 336 g/mol. The molecule has 0 bridgehead atoms. The van der Waals surface area contributed by atoms with Crippen LogP contribution < -0.4 is 20.1 Å². The number of aliphatic hydroxyl groups is 1. The number of amides is 2. The van der Waals surface area contributed by atoms with Crippen molar-refractivity contribution in [1.82, 2.24) is 10.6 Å². The number of methoxy groups -OCH3 is 1. The summed E-state index contributed by atoms with van der Waals surface area (Å²) in [5.41, 5.74) is 0.926.